The number of amides is 1. The topological polar surface area (TPSA) is 72.7 Å². The number of carbonyl (C=O) groups excluding carboxylic acids is 1. The first-order chi connectivity index (χ1) is 9.13. The van der Waals surface area contributed by atoms with Crippen molar-refractivity contribution in [1.29, 1.82) is 0 Å². The van der Waals surface area contributed by atoms with Gasteiger partial charge < -0.3 is 5.32 Å². The standard InChI is InChI=1S/C12H14ClN5O/c1-9(5-10-3-2-4-11(13)6-10)15-12(19)7-18-8-14-16-17-18/h2-4,6,8-9H,5,7H2,1H3,(H,15,19)/t9-/m0/s1. The summed E-state index contributed by atoms with van der Waals surface area (Å²) in [5, 5.41) is 14.2. The molecule has 0 saturated heterocycles. The van der Waals surface area contributed by atoms with E-state index >= 15 is 0 Å². The smallest absolute Gasteiger partial charge is 0.242 e. The molecule has 100 valence electrons. The van der Waals surface area contributed by atoms with Gasteiger partial charge in [0.1, 0.15) is 12.9 Å². The van der Waals surface area contributed by atoms with E-state index in [-0.39, 0.29) is 18.5 Å². The molecule has 0 aliphatic rings. The largest absolute Gasteiger partial charge is 0.352 e. The van der Waals surface area contributed by atoms with E-state index < -0.39 is 0 Å². The average molecular weight is 280 g/mol. The van der Waals surface area contributed by atoms with Gasteiger partial charge in [0.05, 0.1) is 0 Å². The molecule has 0 bridgehead atoms. The predicted molar refractivity (Wildman–Crippen MR) is 70.6 cm³/mol. The van der Waals surface area contributed by atoms with E-state index in [0.717, 1.165) is 12.0 Å². The van der Waals surface area contributed by atoms with E-state index in [9.17, 15) is 4.79 Å². The zero-order valence-electron chi connectivity index (χ0n) is 10.5. The molecule has 0 fully saturated rings. The summed E-state index contributed by atoms with van der Waals surface area (Å²) in [5.74, 6) is -0.123. The first-order valence-corrected chi connectivity index (χ1v) is 6.26. The highest BCUT2D eigenvalue weighted by Gasteiger charge is 2.09. The Hall–Kier alpha value is -1.95. The van der Waals surface area contributed by atoms with Crippen LogP contribution in [0.1, 0.15) is 12.5 Å². The molecule has 1 aromatic heterocycles. The number of hydrogen-bond acceptors (Lipinski definition) is 4. The van der Waals surface area contributed by atoms with Crippen LogP contribution in [0.2, 0.25) is 5.02 Å². The molecule has 1 amide bonds. The quantitative estimate of drug-likeness (QED) is 0.889. The molecular weight excluding hydrogens is 266 g/mol. The van der Waals surface area contributed by atoms with Crippen molar-refractivity contribution < 1.29 is 4.79 Å². The van der Waals surface area contributed by atoms with Gasteiger partial charge in [0, 0.05) is 11.1 Å². The molecule has 1 aromatic carbocycles. The first kappa shape index (κ1) is 13.5. The lowest BCUT2D eigenvalue weighted by Crippen LogP contribution is -2.36. The van der Waals surface area contributed by atoms with Crippen LogP contribution in [0.4, 0.5) is 0 Å². The fraction of sp³-hybridized carbons (Fsp3) is 0.333. The summed E-state index contributed by atoms with van der Waals surface area (Å²) < 4.78 is 1.38. The second kappa shape index (κ2) is 6.29. The Morgan fingerprint density at radius 1 is 1.53 bits per heavy atom. The van der Waals surface area contributed by atoms with Crippen molar-refractivity contribution in [3.05, 3.63) is 41.2 Å². The number of rotatable bonds is 5. The fourth-order valence-electron chi connectivity index (χ4n) is 1.79. The minimum absolute atomic E-state index is 0.0162. The molecule has 1 heterocycles. The van der Waals surface area contributed by atoms with Gasteiger partial charge in [-0.15, -0.1) is 5.10 Å². The first-order valence-electron chi connectivity index (χ1n) is 5.88. The van der Waals surface area contributed by atoms with Crippen molar-refractivity contribution in [3.8, 4) is 0 Å². The van der Waals surface area contributed by atoms with Crippen LogP contribution in [-0.4, -0.2) is 32.2 Å². The summed E-state index contributed by atoms with van der Waals surface area (Å²) >= 11 is 5.92. The van der Waals surface area contributed by atoms with Crippen LogP contribution in [-0.2, 0) is 17.8 Å². The third-order valence-corrected chi connectivity index (χ3v) is 2.77. The number of nitrogens with one attached hydrogen (secondary N) is 1. The maximum Gasteiger partial charge on any atom is 0.242 e. The Balaban J connectivity index is 1.84. The van der Waals surface area contributed by atoms with Crippen LogP contribution < -0.4 is 5.32 Å². The summed E-state index contributed by atoms with van der Waals surface area (Å²) in [6.45, 7) is 2.06. The van der Waals surface area contributed by atoms with Crippen LogP contribution in [0.3, 0.4) is 0 Å². The molecule has 1 atom stereocenters. The van der Waals surface area contributed by atoms with Crippen LogP contribution in [0, 0.1) is 0 Å². The summed E-state index contributed by atoms with van der Waals surface area (Å²) in [4.78, 5) is 11.7. The van der Waals surface area contributed by atoms with Gasteiger partial charge in [0.15, 0.2) is 0 Å². The number of carbonyl (C=O) groups is 1. The van der Waals surface area contributed by atoms with Crippen molar-refractivity contribution in [2.24, 2.45) is 0 Å². The summed E-state index contributed by atoms with van der Waals surface area (Å²) in [6.07, 6.45) is 2.13. The Labute approximate surface area is 115 Å². The van der Waals surface area contributed by atoms with Gasteiger partial charge in [-0.25, -0.2) is 4.68 Å². The van der Waals surface area contributed by atoms with Crippen molar-refractivity contribution in [1.82, 2.24) is 25.5 Å². The van der Waals surface area contributed by atoms with Crippen LogP contribution in [0.25, 0.3) is 0 Å². The summed E-state index contributed by atoms with van der Waals surface area (Å²) in [6, 6.07) is 7.61. The molecule has 0 radical (unpaired) electrons. The van der Waals surface area contributed by atoms with E-state index in [0.29, 0.717) is 5.02 Å². The number of aromatic nitrogens is 4. The molecule has 19 heavy (non-hydrogen) atoms. The number of halogens is 1. The van der Waals surface area contributed by atoms with Gasteiger partial charge >= 0.3 is 0 Å². The Morgan fingerprint density at radius 2 is 2.37 bits per heavy atom. The third-order valence-electron chi connectivity index (χ3n) is 2.54. The normalized spacial score (nSPS) is 12.1. The van der Waals surface area contributed by atoms with Gasteiger partial charge in [-0.3, -0.25) is 4.79 Å². The van der Waals surface area contributed by atoms with Gasteiger partial charge in [0.25, 0.3) is 0 Å². The molecule has 1 N–H and O–H groups in total. The molecule has 0 aliphatic carbocycles. The maximum absolute atomic E-state index is 11.7. The van der Waals surface area contributed by atoms with E-state index in [4.69, 9.17) is 11.6 Å². The van der Waals surface area contributed by atoms with Gasteiger partial charge in [-0.1, -0.05) is 23.7 Å². The molecule has 6 nitrogen and oxygen atoms in total. The number of hydrogen-bond donors (Lipinski definition) is 1. The summed E-state index contributed by atoms with van der Waals surface area (Å²) in [7, 11) is 0. The highest BCUT2D eigenvalue weighted by Crippen LogP contribution is 2.12. The van der Waals surface area contributed by atoms with Crippen LogP contribution in [0.15, 0.2) is 30.6 Å². The van der Waals surface area contributed by atoms with Crippen LogP contribution in [0.5, 0.6) is 0 Å². The highest BCUT2D eigenvalue weighted by molar-refractivity contribution is 6.30. The van der Waals surface area contributed by atoms with Crippen molar-refractivity contribution in [3.63, 3.8) is 0 Å². The second-order valence-electron chi connectivity index (χ2n) is 4.31. The second-order valence-corrected chi connectivity index (χ2v) is 4.75. The number of benzene rings is 1. The van der Waals surface area contributed by atoms with Crippen molar-refractivity contribution >= 4 is 17.5 Å². The number of tetrazole rings is 1. The van der Waals surface area contributed by atoms with E-state index in [1.807, 2.05) is 31.2 Å². The average Bonchev–Trinajstić information content (AvgIpc) is 2.81. The van der Waals surface area contributed by atoms with Gasteiger partial charge in [0.2, 0.25) is 5.91 Å². The Kier molecular flexibility index (Phi) is 4.46. The van der Waals surface area contributed by atoms with Crippen LogP contribution >= 0.6 is 11.6 Å². The monoisotopic (exact) mass is 279 g/mol. The van der Waals surface area contributed by atoms with Crippen molar-refractivity contribution in [2.45, 2.75) is 25.9 Å². The SMILES string of the molecule is C[C@@H](Cc1cccc(Cl)c1)NC(=O)Cn1cnnn1. The fourth-order valence-corrected chi connectivity index (χ4v) is 2.00. The summed E-state index contributed by atoms with van der Waals surface area (Å²) in [5.41, 5.74) is 1.09. The zero-order chi connectivity index (χ0) is 13.7. The van der Waals surface area contributed by atoms with Crippen molar-refractivity contribution in [2.75, 3.05) is 0 Å². The Bertz CT molecular complexity index is 543. The predicted octanol–water partition coefficient (Wildman–Crippen LogP) is 1.07. The molecular formula is C12H14ClN5O. The lowest BCUT2D eigenvalue weighted by Gasteiger charge is -2.13. The van der Waals surface area contributed by atoms with E-state index in [2.05, 4.69) is 20.8 Å². The minimum atomic E-state index is -0.123. The molecule has 7 heteroatoms. The third kappa shape index (κ3) is 4.33. The molecule has 2 rings (SSSR count). The molecule has 0 saturated carbocycles. The molecule has 0 aliphatic heterocycles. The Morgan fingerprint density at radius 3 is 3.05 bits per heavy atom. The zero-order valence-corrected chi connectivity index (χ0v) is 11.2. The lowest BCUT2D eigenvalue weighted by atomic mass is 10.1. The number of nitrogens with zero attached hydrogens (tertiary/aromatic N) is 4. The molecule has 0 unspecified atom stereocenters. The van der Waals surface area contributed by atoms with E-state index in [1.54, 1.807) is 0 Å². The highest BCUT2D eigenvalue weighted by atomic mass is 35.5. The van der Waals surface area contributed by atoms with E-state index in [1.165, 1.54) is 11.0 Å². The minimum Gasteiger partial charge on any atom is -0.352 e. The molecule has 2 aromatic rings. The maximum atomic E-state index is 11.7. The van der Waals surface area contributed by atoms with Gasteiger partial charge in [-0.2, -0.15) is 0 Å². The molecule has 0 spiro atoms. The lowest BCUT2D eigenvalue weighted by molar-refractivity contribution is -0.122. The van der Waals surface area contributed by atoms with Gasteiger partial charge in [-0.05, 0) is 41.5 Å².